The fourth-order valence-corrected chi connectivity index (χ4v) is 2.37. The van der Waals surface area contributed by atoms with Gasteiger partial charge in [0.05, 0.1) is 0 Å². The average Bonchev–Trinajstić information content (AvgIpc) is 2.22. The van der Waals surface area contributed by atoms with Crippen molar-refractivity contribution in [1.29, 1.82) is 5.41 Å². The molecule has 2 unspecified atom stereocenters. The summed E-state index contributed by atoms with van der Waals surface area (Å²) < 4.78 is 0. The number of hydrogen-bond acceptors (Lipinski definition) is 1. The third-order valence-electron chi connectivity index (χ3n) is 2.83. The molecule has 9 heavy (non-hydrogen) atoms. The van der Waals surface area contributed by atoms with Crippen LogP contribution in [-0.2, 0) is 0 Å². The van der Waals surface area contributed by atoms with Crippen LogP contribution in [0, 0.1) is 17.2 Å². The molecule has 2 fully saturated rings. The Morgan fingerprint density at radius 1 is 1.11 bits per heavy atom. The fourth-order valence-electron chi connectivity index (χ4n) is 2.37. The summed E-state index contributed by atoms with van der Waals surface area (Å²) >= 11 is 0. The highest BCUT2D eigenvalue weighted by molar-refractivity contribution is 5.84. The Kier molecular flexibility index (Phi) is 1.11. The fraction of sp³-hybridized carbons (Fsp3) is 0.875. The molecule has 0 aromatic rings. The van der Waals surface area contributed by atoms with Gasteiger partial charge in [0.15, 0.2) is 0 Å². The summed E-state index contributed by atoms with van der Waals surface area (Å²) in [5.41, 5.74) is 1.02. The van der Waals surface area contributed by atoms with Crippen LogP contribution >= 0.6 is 0 Å². The molecule has 2 rings (SSSR count). The Bertz CT molecular complexity index is 126. The first-order valence-corrected chi connectivity index (χ1v) is 3.92. The molecular weight excluding hydrogens is 110 g/mol. The highest BCUT2D eigenvalue weighted by atomic mass is 14.5. The van der Waals surface area contributed by atoms with Crippen LogP contribution in [0.2, 0.25) is 0 Å². The monoisotopic (exact) mass is 123 g/mol. The van der Waals surface area contributed by atoms with Crippen LogP contribution in [0.1, 0.15) is 32.1 Å². The summed E-state index contributed by atoms with van der Waals surface area (Å²) in [6.45, 7) is 0. The maximum absolute atomic E-state index is 7.45. The van der Waals surface area contributed by atoms with Crippen molar-refractivity contribution in [2.75, 3.05) is 0 Å². The third-order valence-corrected chi connectivity index (χ3v) is 2.83. The molecular formula is C8H13N. The van der Waals surface area contributed by atoms with Gasteiger partial charge < -0.3 is 5.41 Å². The number of fused-ring (bicyclic) bond motifs is 1. The summed E-state index contributed by atoms with van der Waals surface area (Å²) in [4.78, 5) is 0. The van der Waals surface area contributed by atoms with Crippen molar-refractivity contribution < 1.29 is 0 Å². The lowest BCUT2D eigenvalue weighted by Gasteiger charge is -2.03. The van der Waals surface area contributed by atoms with Crippen LogP contribution in [0.3, 0.4) is 0 Å². The van der Waals surface area contributed by atoms with Crippen LogP contribution in [0.25, 0.3) is 0 Å². The zero-order valence-corrected chi connectivity index (χ0v) is 5.69. The molecule has 0 aliphatic heterocycles. The average molecular weight is 123 g/mol. The molecule has 1 nitrogen and oxygen atoms in total. The Balaban J connectivity index is 2.09. The second kappa shape index (κ2) is 1.83. The number of rotatable bonds is 0. The van der Waals surface area contributed by atoms with Gasteiger partial charge in [0.25, 0.3) is 0 Å². The number of hydrogen-bond donors (Lipinski definition) is 1. The van der Waals surface area contributed by atoms with E-state index in [4.69, 9.17) is 5.41 Å². The topological polar surface area (TPSA) is 23.9 Å². The minimum Gasteiger partial charge on any atom is -0.310 e. The van der Waals surface area contributed by atoms with E-state index in [9.17, 15) is 0 Å². The highest BCUT2D eigenvalue weighted by Gasteiger charge is 2.33. The highest BCUT2D eigenvalue weighted by Crippen LogP contribution is 2.41. The summed E-state index contributed by atoms with van der Waals surface area (Å²) in [6, 6.07) is 0. The molecule has 0 heterocycles. The lowest BCUT2D eigenvalue weighted by Crippen LogP contribution is -1.95. The Morgan fingerprint density at radius 3 is 2.22 bits per heavy atom. The molecule has 0 radical (unpaired) electrons. The minimum atomic E-state index is 0.928. The Labute approximate surface area is 56.0 Å². The smallest absolute Gasteiger partial charge is 0.00948 e. The zero-order chi connectivity index (χ0) is 6.27. The van der Waals surface area contributed by atoms with E-state index < -0.39 is 0 Å². The molecule has 2 atom stereocenters. The van der Waals surface area contributed by atoms with Crippen molar-refractivity contribution in [3.63, 3.8) is 0 Å². The molecule has 2 aliphatic rings. The van der Waals surface area contributed by atoms with Crippen LogP contribution in [0.4, 0.5) is 0 Å². The van der Waals surface area contributed by atoms with E-state index >= 15 is 0 Å². The molecule has 0 saturated heterocycles. The zero-order valence-electron chi connectivity index (χ0n) is 5.69. The largest absolute Gasteiger partial charge is 0.310 e. The Morgan fingerprint density at radius 2 is 1.67 bits per heavy atom. The summed E-state index contributed by atoms with van der Waals surface area (Å²) in [5.74, 6) is 1.86. The Hall–Kier alpha value is -0.330. The number of nitrogens with one attached hydrogen (secondary N) is 1. The quantitative estimate of drug-likeness (QED) is 0.510. The van der Waals surface area contributed by atoms with E-state index in [1.54, 1.807) is 0 Å². The SMILES string of the molecule is N=C1CC2CCCC2C1. The van der Waals surface area contributed by atoms with Gasteiger partial charge in [0.1, 0.15) is 0 Å². The molecule has 2 saturated carbocycles. The van der Waals surface area contributed by atoms with Crippen molar-refractivity contribution in [1.82, 2.24) is 0 Å². The molecule has 2 aliphatic carbocycles. The van der Waals surface area contributed by atoms with Gasteiger partial charge in [-0.1, -0.05) is 6.42 Å². The van der Waals surface area contributed by atoms with Crippen molar-refractivity contribution in [2.24, 2.45) is 11.8 Å². The van der Waals surface area contributed by atoms with Crippen LogP contribution in [0.15, 0.2) is 0 Å². The molecule has 0 aromatic carbocycles. The summed E-state index contributed by atoms with van der Waals surface area (Å²) in [5, 5.41) is 7.45. The van der Waals surface area contributed by atoms with Gasteiger partial charge in [0.2, 0.25) is 0 Å². The van der Waals surface area contributed by atoms with Crippen molar-refractivity contribution >= 4 is 5.71 Å². The molecule has 0 aromatic heterocycles. The van der Waals surface area contributed by atoms with Gasteiger partial charge in [-0.25, -0.2) is 0 Å². The second-order valence-corrected chi connectivity index (χ2v) is 3.46. The summed E-state index contributed by atoms with van der Waals surface area (Å²) in [6.07, 6.45) is 6.51. The lowest BCUT2D eigenvalue weighted by atomic mass is 10.0. The van der Waals surface area contributed by atoms with E-state index in [1.807, 2.05) is 0 Å². The van der Waals surface area contributed by atoms with Crippen molar-refractivity contribution in [2.45, 2.75) is 32.1 Å². The van der Waals surface area contributed by atoms with Gasteiger partial charge in [0, 0.05) is 5.71 Å². The first-order chi connectivity index (χ1) is 4.36. The van der Waals surface area contributed by atoms with Crippen molar-refractivity contribution in [3.8, 4) is 0 Å². The molecule has 0 amide bonds. The summed E-state index contributed by atoms with van der Waals surface area (Å²) in [7, 11) is 0. The first-order valence-electron chi connectivity index (χ1n) is 3.92. The van der Waals surface area contributed by atoms with E-state index in [0.717, 1.165) is 30.4 Å². The van der Waals surface area contributed by atoms with Crippen LogP contribution in [0.5, 0.6) is 0 Å². The van der Waals surface area contributed by atoms with Crippen molar-refractivity contribution in [3.05, 3.63) is 0 Å². The maximum Gasteiger partial charge on any atom is 0.00948 e. The predicted molar refractivity (Wildman–Crippen MR) is 37.8 cm³/mol. The van der Waals surface area contributed by atoms with E-state index in [-0.39, 0.29) is 0 Å². The van der Waals surface area contributed by atoms with E-state index in [0.29, 0.717) is 0 Å². The molecule has 50 valence electrons. The molecule has 0 bridgehead atoms. The van der Waals surface area contributed by atoms with Crippen LogP contribution in [-0.4, -0.2) is 5.71 Å². The standard InChI is InChI=1S/C8H13N/c9-8-4-6-2-1-3-7(6)5-8/h6-7,9H,1-5H2. The van der Waals surface area contributed by atoms with Gasteiger partial charge in [-0.3, -0.25) is 0 Å². The molecule has 0 spiro atoms. The van der Waals surface area contributed by atoms with Crippen LogP contribution < -0.4 is 0 Å². The molecule has 1 heteroatoms. The third kappa shape index (κ3) is 0.790. The lowest BCUT2D eigenvalue weighted by molar-refractivity contribution is 0.457. The van der Waals surface area contributed by atoms with E-state index in [2.05, 4.69) is 0 Å². The van der Waals surface area contributed by atoms with E-state index in [1.165, 1.54) is 19.3 Å². The van der Waals surface area contributed by atoms with Gasteiger partial charge in [-0.05, 0) is 37.5 Å². The predicted octanol–water partition coefficient (Wildman–Crippen LogP) is 2.22. The first kappa shape index (κ1) is 5.45. The van der Waals surface area contributed by atoms with Gasteiger partial charge in [-0.15, -0.1) is 0 Å². The maximum atomic E-state index is 7.45. The van der Waals surface area contributed by atoms with Gasteiger partial charge in [-0.2, -0.15) is 0 Å². The van der Waals surface area contributed by atoms with Gasteiger partial charge >= 0.3 is 0 Å². The normalized spacial score (nSPS) is 41.6. The second-order valence-electron chi connectivity index (χ2n) is 3.46. The molecule has 1 N–H and O–H groups in total. The minimum absolute atomic E-state index is 0.928.